The van der Waals surface area contributed by atoms with Crippen molar-refractivity contribution >= 4 is 23.4 Å². The summed E-state index contributed by atoms with van der Waals surface area (Å²) in [4.78, 5) is 22.9. The minimum Gasteiger partial charge on any atom is -0.478 e. The molecule has 3 rings (SSSR count). The molecule has 2 aromatic rings. The number of rotatable bonds is 2. The topological polar surface area (TPSA) is 72.2 Å². The second-order valence-electron chi connectivity index (χ2n) is 4.66. The molecule has 1 aliphatic carbocycles. The number of aromatic carboxylic acids is 1. The molecule has 1 aromatic carbocycles. The van der Waals surface area contributed by atoms with E-state index in [1.165, 1.54) is 24.4 Å². The lowest BCUT2D eigenvalue weighted by Gasteiger charge is -2.14. The van der Waals surface area contributed by atoms with Gasteiger partial charge in [-0.1, -0.05) is 11.6 Å². The molecular weight excluding hydrogens is 280 g/mol. The molecule has 20 heavy (non-hydrogen) atoms. The predicted molar refractivity (Wildman–Crippen MR) is 72.8 cm³/mol. The number of hydrogen-bond donors (Lipinski definition) is 1. The van der Waals surface area contributed by atoms with Crippen LogP contribution in [0.2, 0.25) is 5.02 Å². The van der Waals surface area contributed by atoms with Gasteiger partial charge in [-0.15, -0.1) is 0 Å². The molecule has 1 N–H and O–H groups in total. The van der Waals surface area contributed by atoms with Crippen LogP contribution >= 0.6 is 11.6 Å². The van der Waals surface area contributed by atoms with E-state index in [1.54, 1.807) is 4.68 Å². The van der Waals surface area contributed by atoms with Crippen molar-refractivity contribution in [3.8, 4) is 5.69 Å². The molecule has 0 radical (unpaired) electrons. The van der Waals surface area contributed by atoms with Gasteiger partial charge in [-0.25, -0.2) is 9.48 Å². The largest absolute Gasteiger partial charge is 0.478 e. The summed E-state index contributed by atoms with van der Waals surface area (Å²) >= 11 is 6.13. The van der Waals surface area contributed by atoms with Gasteiger partial charge in [0.2, 0.25) is 0 Å². The highest BCUT2D eigenvalue weighted by atomic mass is 35.5. The number of fused-ring (bicyclic) bond motifs is 1. The number of aromatic nitrogens is 2. The highest BCUT2D eigenvalue weighted by molar-refractivity contribution is 6.32. The number of nitrogens with zero attached hydrogens (tertiary/aromatic N) is 2. The monoisotopic (exact) mass is 290 g/mol. The van der Waals surface area contributed by atoms with Crippen molar-refractivity contribution in [1.29, 1.82) is 0 Å². The van der Waals surface area contributed by atoms with E-state index in [0.29, 0.717) is 22.7 Å². The van der Waals surface area contributed by atoms with Gasteiger partial charge >= 0.3 is 5.97 Å². The van der Waals surface area contributed by atoms with Gasteiger partial charge in [-0.05, 0) is 31.0 Å². The number of hydrogen-bond acceptors (Lipinski definition) is 3. The molecule has 0 saturated heterocycles. The Balaban J connectivity index is 2.17. The third kappa shape index (κ3) is 2.00. The lowest BCUT2D eigenvalue weighted by atomic mass is 9.97. The second-order valence-corrected chi connectivity index (χ2v) is 5.07. The first-order chi connectivity index (χ1) is 9.58. The molecule has 1 aliphatic rings. The Labute approximate surface area is 119 Å². The van der Waals surface area contributed by atoms with Crippen LogP contribution in [0.3, 0.4) is 0 Å². The van der Waals surface area contributed by atoms with Crippen LogP contribution in [-0.4, -0.2) is 26.6 Å². The van der Waals surface area contributed by atoms with Crippen molar-refractivity contribution in [1.82, 2.24) is 9.78 Å². The van der Waals surface area contributed by atoms with E-state index in [2.05, 4.69) is 5.10 Å². The maximum Gasteiger partial charge on any atom is 0.335 e. The van der Waals surface area contributed by atoms with Gasteiger partial charge in [0.05, 0.1) is 33.7 Å². The third-order valence-corrected chi connectivity index (χ3v) is 3.73. The number of ketones is 1. The van der Waals surface area contributed by atoms with E-state index < -0.39 is 5.97 Å². The van der Waals surface area contributed by atoms with Crippen molar-refractivity contribution in [3.05, 3.63) is 46.2 Å². The fraction of sp³-hybridized carbons (Fsp3) is 0.214. The molecule has 1 aromatic heterocycles. The first-order valence-electron chi connectivity index (χ1n) is 6.21. The normalized spacial score (nSPS) is 14.2. The van der Waals surface area contributed by atoms with E-state index in [4.69, 9.17) is 16.7 Å². The highest BCUT2D eigenvalue weighted by Gasteiger charge is 2.23. The quantitative estimate of drug-likeness (QED) is 0.923. The van der Waals surface area contributed by atoms with Crippen molar-refractivity contribution < 1.29 is 14.7 Å². The van der Waals surface area contributed by atoms with E-state index in [0.717, 1.165) is 18.5 Å². The molecule has 0 saturated carbocycles. The van der Waals surface area contributed by atoms with Crippen LogP contribution in [0.15, 0.2) is 24.4 Å². The third-order valence-electron chi connectivity index (χ3n) is 3.41. The number of benzene rings is 1. The smallest absolute Gasteiger partial charge is 0.335 e. The summed E-state index contributed by atoms with van der Waals surface area (Å²) in [5.41, 5.74) is 2.03. The molecule has 0 bridgehead atoms. The Hall–Kier alpha value is -2.14. The van der Waals surface area contributed by atoms with Crippen LogP contribution < -0.4 is 0 Å². The average Bonchev–Trinajstić information content (AvgIpc) is 2.84. The predicted octanol–water partition coefficient (Wildman–Crippen LogP) is 2.74. The van der Waals surface area contributed by atoms with Gasteiger partial charge in [0.1, 0.15) is 0 Å². The minimum atomic E-state index is -1.03. The summed E-state index contributed by atoms with van der Waals surface area (Å²) in [5, 5.41) is 13.7. The fourth-order valence-electron chi connectivity index (χ4n) is 2.41. The minimum absolute atomic E-state index is 0.0722. The standard InChI is InChI=1S/C14H11ClN2O3/c15-10-5-4-8(14(19)20)6-12(10)17-11-2-1-3-13(18)9(11)7-16-17/h4-7H,1-3H2,(H,19,20). The number of carbonyl (C=O) groups is 2. The first kappa shape index (κ1) is 12.9. The zero-order valence-electron chi connectivity index (χ0n) is 10.5. The molecule has 0 fully saturated rings. The maximum absolute atomic E-state index is 11.8. The van der Waals surface area contributed by atoms with Gasteiger partial charge in [0.25, 0.3) is 0 Å². The van der Waals surface area contributed by atoms with Gasteiger partial charge in [0, 0.05) is 6.42 Å². The summed E-state index contributed by atoms with van der Waals surface area (Å²) in [6, 6.07) is 4.44. The molecule has 6 heteroatoms. The van der Waals surface area contributed by atoms with Crippen LogP contribution in [0.25, 0.3) is 5.69 Å². The van der Waals surface area contributed by atoms with Gasteiger partial charge < -0.3 is 5.11 Å². The lowest BCUT2D eigenvalue weighted by Crippen LogP contribution is -2.13. The zero-order chi connectivity index (χ0) is 14.3. The Morgan fingerprint density at radius 2 is 2.15 bits per heavy atom. The lowest BCUT2D eigenvalue weighted by molar-refractivity contribution is 0.0696. The summed E-state index contributed by atoms with van der Waals surface area (Å²) < 4.78 is 1.57. The molecule has 102 valence electrons. The summed E-state index contributed by atoms with van der Waals surface area (Å²) in [6.07, 6.45) is 3.56. The number of carboxylic acids is 1. The van der Waals surface area contributed by atoms with Crippen LogP contribution in [0.4, 0.5) is 0 Å². The summed E-state index contributed by atoms with van der Waals surface area (Å²) in [5.74, 6) is -0.956. The van der Waals surface area contributed by atoms with Crippen LogP contribution in [-0.2, 0) is 6.42 Å². The number of halogens is 1. The van der Waals surface area contributed by atoms with Crippen molar-refractivity contribution in [2.75, 3.05) is 0 Å². The Morgan fingerprint density at radius 3 is 2.90 bits per heavy atom. The van der Waals surface area contributed by atoms with Crippen LogP contribution in [0.1, 0.15) is 39.3 Å². The van der Waals surface area contributed by atoms with Gasteiger partial charge in [-0.3, -0.25) is 4.79 Å². The van der Waals surface area contributed by atoms with E-state index in [1.807, 2.05) is 0 Å². The molecular formula is C14H11ClN2O3. The van der Waals surface area contributed by atoms with Crippen molar-refractivity contribution in [3.63, 3.8) is 0 Å². The van der Waals surface area contributed by atoms with Crippen molar-refractivity contribution in [2.45, 2.75) is 19.3 Å². The number of carboxylic acid groups (broad SMARTS) is 1. The average molecular weight is 291 g/mol. The van der Waals surface area contributed by atoms with Crippen LogP contribution in [0.5, 0.6) is 0 Å². The molecule has 0 aliphatic heterocycles. The highest BCUT2D eigenvalue weighted by Crippen LogP contribution is 2.28. The van der Waals surface area contributed by atoms with Gasteiger partial charge in [0.15, 0.2) is 5.78 Å². The second kappa shape index (κ2) is 4.76. The zero-order valence-corrected chi connectivity index (χ0v) is 11.2. The summed E-state index contributed by atoms with van der Waals surface area (Å²) in [6.45, 7) is 0. The van der Waals surface area contributed by atoms with E-state index in [9.17, 15) is 9.59 Å². The molecule has 1 heterocycles. The van der Waals surface area contributed by atoms with E-state index in [-0.39, 0.29) is 11.3 Å². The Morgan fingerprint density at radius 1 is 1.35 bits per heavy atom. The molecule has 0 atom stereocenters. The number of carbonyl (C=O) groups excluding carboxylic acids is 1. The van der Waals surface area contributed by atoms with Gasteiger partial charge in [-0.2, -0.15) is 5.10 Å². The van der Waals surface area contributed by atoms with E-state index >= 15 is 0 Å². The van der Waals surface area contributed by atoms with Crippen LogP contribution in [0, 0.1) is 0 Å². The molecule has 0 amide bonds. The first-order valence-corrected chi connectivity index (χ1v) is 6.59. The molecule has 0 unspecified atom stereocenters. The summed E-state index contributed by atoms with van der Waals surface area (Å²) in [7, 11) is 0. The Bertz CT molecular complexity index is 721. The maximum atomic E-state index is 11.8. The Kier molecular flexibility index (Phi) is 3.06. The molecule has 0 spiro atoms. The van der Waals surface area contributed by atoms with Crippen molar-refractivity contribution in [2.24, 2.45) is 0 Å². The SMILES string of the molecule is O=C(O)c1ccc(Cl)c(-n2ncc3c2CCCC3=O)c1. The fourth-order valence-corrected chi connectivity index (χ4v) is 2.61. The molecule has 5 nitrogen and oxygen atoms in total. The number of Topliss-reactive ketones (excluding diaryl/α,β-unsaturated/α-hetero) is 1.